The molecule has 0 atom stereocenters. The molecule has 0 amide bonds. The fourth-order valence-electron chi connectivity index (χ4n) is 2.69. The summed E-state index contributed by atoms with van der Waals surface area (Å²) in [7, 11) is 1.66. The summed E-state index contributed by atoms with van der Waals surface area (Å²) in [6, 6.07) is 12.1. The predicted octanol–water partition coefficient (Wildman–Crippen LogP) is 3.32. The highest BCUT2D eigenvalue weighted by Gasteiger charge is 2.14. The van der Waals surface area contributed by atoms with Crippen LogP contribution in [0.15, 0.2) is 36.4 Å². The van der Waals surface area contributed by atoms with Crippen molar-refractivity contribution in [2.75, 3.05) is 13.7 Å². The van der Waals surface area contributed by atoms with E-state index >= 15 is 0 Å². The van der Waals surface area contributed by atoms with Crippen LogP contribution in [0, 0.1) is 13.8 Å². The highest BCUT2D eigenvalue weighted by Crippen LogP contribution is 2.28. The third-order valence-electron chi connectivity index (χ3n) is 4.02. The van der Waals surface area contributed by atoms with Gasteiger partial charge in [0.05, 0.1) is 24.8 Å². The molecule has 22 heavy (non-hydrogen) atoms. The highest BCUT2D eigenvalue weighted by molar-refractivity contribution is 5.82. The fourth-order valence-corrected chi connectivity index (χ4v) is 2.69. The summed E-state index contributed by atoms with van der Waals surface area (Å²) in [6.07, 6.45) is 0. The summed E-state index contributed by atoms with van der Waals surface area (Å²) in [6.45, 7) is 4.78. The van der Waals surface area contributed by atoms with E-state index in [0.717, 1.165) is 28.2 Å². The first kappa shape index (κ1) is 14.6. The zero-order chi connectivity index (χ0) is 15.7. The van der Waals surface area contributed by atoms with E-state index in [-0.39, 0.29) is 6.61 Å². The molecular formula is C18H20N2O2. The van der Waals surface area contributed by atoms with Crippen LogP contribution in [0.1, 0.15) is 11.1 Å². The van der Waals surface area contributed by atoms with Gasteiger partial charge in [0.15, 0.2) is 0 Å². The van der Waals surface area contributed by atoms with Gasteiger partial charge in [-0.05, 0) is 49.2 Å². The summed E-state index contributed by atoms with van der Waals surface area (Å²) in [5.74, 6) is 1.65. The molecule has 0 aliphatic carbocycles. The van der Waals surface area contributed by atoms with Crippen LogP contribution >= 0.6 is 0 Å². The van der Waals surface area contributed by atoms with E-state index in [4.69, 9.17) is 9.72 Å². The van der Waals surface area contributed by atoms with Crippen LogP contribution < -0.4 is 4.74 Å². The third kappa shape index (κ3) is 2.46. The van der Waals surface area contributed by atoms with Crippen molar-refractivity contribution in [2.45, 2.75) is 20.4 Å². The van der Waals surface area contributed by atoms with Crippen LogP contribution in [-0.4, -0.2) is 28.4 Å². The lowest BCUT2D eigenvalue weighted by atomic mass is 10.1. The molecule has 2 aromatic carbocycles. The van der Waals surface area contributed by atoms with Gasteiger partial charge in [0, 0.05) is 12.1 Å². The number of aliphatic hydroxyl groups is 1. The average Bonchev–Trinajstić information content (AvgIpc) is 2.86. The Balaban J connectivity index is 2.25. The minimum atomic E-state index is 0.0787. The number of rotatable bonds is 4. The van der Waals surface area contributed by atoms with Gasteiger partial charge in [0.2, 0.25) is 0 Å². The summed E-state index contributed by atoms with van der Waals surface area (Å²) in [5, 5.41) is 9.42. The van der Waals surface area contributed by atoms with E-state index in [1.54, 1.807) is 7.11 Å². The number of hydrogen-bond acceptors (Lipinski definition) is 3. The predicted molar refractivity (Wildman–Crippen MR) is 88.3 cm³/mol. The summed E-state index contributed by atoms with van der Waals surface area (Å²) in [4.78, 5) is 4.78. The number of fused-ring (bicyclic) bond motifs is 1. The smallest absolute Gasteiger partial charge is 0.141 e. The molecule has 4 heteroatoms. The molecule has 0 fully saturated rings. The van der Waals surface area contributed by atoms with Crippen molar-refractivity contribution in [1.82, 2.24) is 9.55 Å². The van der Waals surface area contributed by atoms with Crippen LogP contribution in [0.25, 0.3) is 22.4 Å². The average molecular weight is 296 g/mol. The first-order chi connectivity index (χ1) is 10.6. The number of nitrogens with zero attached hydrogens (tertiary/aromatic N) is 2. The molecule has 3 aromatic rings. The lowest BCUT2D eigenvalue weighted by molar-refractivity contribution is 0.278. The van der Waals surface area contributed by atoms with Crippen molar-refractivity contribution in [3.05, 3.63) is 47.5 Å². The minimum Gasteiger partial charge on any atom is -0.497 e. The summed E-state index contributed by atoms with van der Waals surface area (Å²) in [5.41, 5.74) is 5.44. The van der Waals surface area contributed by atoms with Gasteiger partial charge in [0.25, 0.3) is 0 Å². The maximum Gasteiger partial charge on any atom is 0.141 e. The third-order valence-corrected chi connectivity index (χ3v) is 4.02. The number of hydrogen-bond donors (Lipinski definition) is 1. The quantitative estimate of drug-likeness (QED) is 0.803. The van der Waals surface area contributed by atoms with E-state index in [1.807, 2.05) is 24.3 Å². The van der Waals surface area contributed by atoms with Crippen molar-refractivity contribution in [3.8, 4) is 17.1 Å². The topological polar surface area (TPSA) is 47.3 Å². The number of aryl methyl sites for hydroxylation is 2. The highest BCUT2D eigenvalue weighted by atomic mass is 16.5. The number of benzene rings is 2. The zero-order valence-corrected chi connectivity index (χ0v) is 13.1. The lowest BCUT2D eigenvalue weighted by Crippen LogP contribution is -2.04. The number of methoxy groups -OCH3 is 1. The van der Waals surface area contributed by atoms with Gasteiger partial charge in [-0.15, -0.1) is 0 Å². The van der Waals surface area contributed by atoms with E-state index in [2.05, 4.69) is 30.5 Å². The molecule has 0 saturated heterocycles. The second-order valence-electron chi connectivity index (χ2n) is 5.47. The molecule has 114 valence electrons. The van der Waals surface area contributed by atoms with Crippen molar-refractivity contribution in [1.29, 1.82) is 0 Å². The molecule has 0 bridgehead atoms. The van der Waals surface area contributed by atoms with Crippen LogP contribution in [-0.2, 0) is 6.54 Å². The normalized spacial score (nSPS) is 11.1. The Labute approximate surface area is 130 Å². The molecular weight excluding hydrogens is 276 g/mol. The first-order valence-electron chi connectivity index (χ1n) is 7.37. The van der Waals surface area contributed by atoms with Crippen molar-refractivity contribution in [2.24, 2.45) is 0 Å². The van der Waals surface area contributed by atoms with Crippen molar-refractivity contribution < 1.29 is 9.84 Å². The number of ether oxygens (including phenoxy) is 1. The van der Waals surface area contributed by atoms with Gasteiger partial charge >= 0.3 is 0 Å². The van der Waals surface area contributed by atoms with Crippen LogP contribution in [0.2, 0.25) is 0 Å². The van der Waals surface area contributed by atoms with Crippen molar-refractivity contribution >= 4 is 11.0 Å². The maximum atomic E-state index is 9.42. The molecule has 3 rings (SSSR count). The Kier molecular flexibility index (Phi) is 3.86. The monoisotopic (exact) mass is 296 g/mol. The Morgan fingerprint density at radius 3 is 2.64 bits per heavy atom. The summed E-state index contributed by atoms with van der Waals surface area (Å²) < 4.78 is 7.37. The molecule has 0 aliphatic heterocycles. The Morgan fingerprint density at radius 1 is 1.14 bits per heavy atom. The standard InChI is InChI=1S/C18H20N2O2/c1-12-9-16-17(10-13(12)2)20(7-8-21)18(19-16)14-5-4-6-15(11-14)22-3/h4-6,9-11,21H,7-8H2,1-3H3. The van der Waals surface area contributed by atoms with Gasteiger partial charge < -0.3 is 14.4 Å². The number of aromatic nitrogens is 2. The van der Waals surface area contributed by atoms with Gasteiger partial charge in [0.1, 0.15) is 11.6 Å². The Bertz CT molecular complexity index is 821. The molecule has 0 radical (unpaired) electrons. The van der Waals surface area contributed by atoms with E-state index < -0.39 is 0 Å². The molecule has 1 aromatic heterocycles. The van der Waals surface area contributed by atoms with Crippen LogP contribution in [0.4, 0.5) is 0 Å². The number of imidazole rings is 1. The lowest BCUT2D eigenvalue weighted by Gasteiger charge is -2.09. The fraction of sp³-hybridized carbons (Fsp3) is 0.278. The number of aliphatic hydroxyl groups excluding tert-OH is 1. The second kappa shape index (κ2) is 5.81. The molecule has 1 heterocycles. The van der Waals surface area contributed by atoms with Crippen LogP contribution in [0.5, 0.6) is 5.75 Å². The Hall–Kier alpha value is -2.33. The SMILES string of the molecule is COc1cccc(-c2nc3cc(C)c(C)cc3n2CCO)c1. The molecule has 0 saturated carbocycles. The van der Waals surface area contributed by atoms with Gasteiger partial charge in [-0.3, -0.25) is 0 Å². The van der Waals surface area contributed by atoms with Crippen molar-refractivity contribution in [3.63, 3.8) is 0 Å². The summed E-state index contributed by atoms with van der Waals surface area (Å²) >= 11 is 0. The van der Waals surface area contributed by atoms with Gasteiger partial charge in [-0.2, -0.15) is 0 Å². The van der Waals surface area contributed by atoms with E-state index in [9.17, 15) is 5.11 Å². The zero-order valence-electron chi connectivity index (χ0n) is 13.1. The molecule has 0 spiro atoms. The molecule has 1 N–H and O–H groups in total. The van der Waals surface area contributed by atoms with Gasteiger partial charge in [-0.1, -0.05) is 12.1 Å². The van der Waals surface area contributed by atoms with E-state index in [1.165, 1.54) is 11.1 Å². The molecule has 0 aliphatic rings. The molecule has 4 nitrogen and oxygen atoms in total. The second-order valence-corrected chi connectivity index (χ2v) is 5.47. The molecule has 0 unspecified atom stereocenters. The first-order valence-corrected chi connectivity index (χ1v) is 7.37. The largest absolute Gasteiger partial charge is 0.497 e. The van der Waals surface area contributed by atoms with Crippen LogP contribution in [0.3, 0.4) is 0 Å². The van der Waals surface area contributed by atoms with E-state index in [0.29, 0.717) is 6.54 Å². The minimum absolute atomic E-state index is 0.0787. The maximum absolute atomic E-state index is 9.42. The van der Waals surface area contributed by atoms with Gasteiger partial charge in [-0.25, -0.2) is 4.98 Å². The Morgan fingerprint density at radius 2 is 1.91 bits per heavy atom.